The monoisotopic (exact) mass is 230 g/mol. The highest BCUT2D eigenvalue weighted by atomic mass is 32.2. The van der Waals surface area contributed by atoms with E-state index < -0.39 is 15.6 Å². The van der Waals surface area contributed by atoms with Crippen LogP contribution in [0.2, 0.25) is 0 Å². The molecule has 1 aromatic rings. The lowest BCUT2D eigenvalue weighted by Crippen LogP contribution is -2.66. The van der Waals surface area contributed by atoms with Crippen molar-refractivity contribution in [3.05, 3.63) is 12.0 Å². The first-order valence-electron chi connectivity index (χ1n) is 4.62. The van der Waals surface area contributed by atoms with Gasteiger partial charge in [-0.2, -0.15) is 4.31 Å². The molecule has 0 spiro atoms. The van der Waals surface area contributed by atoms with E-state index in [1.54, 1.807) is 6.92 Å². The Kier molecular flexibility index (Phi) is 2.14. The van der Waals surface area contributed by atoms with Gasteiger partial charge < -0.3 is 10.7 Å². The van der Waals surface area contributed by atoms with E-state index in [0.717, 1.165) is 0 Å². The molecular weight excluding hydrogens is 216 g/mol. The predicted octanol–water partition coefficient (Wildman–Crippen LogP) is -0.560. The molecule has 1 saturated heterocycles. The summed E-state index contributed by atoms with van der Waals surface area (Å²) in [6.07, 6.45) is 1.33. The van der Waals surface area contributed by atoms with Crippen LogP contribution in [0.5, 0.6) is 0 Å². The molecule has 0 unspecified atom stereocenters. The van der Waals surface area contributed by atoms with Crippen LogP contribution in [0.25, 0.3) is 0 Å². The zero-order valence-corrected chi connectivity index (χ0v) is 9.50. The Hall–Kier alpha value is -0.920. The molecular formula is C8H14N4O2S. The number of imidazole rings is 1. The number of hydrogen-bond acceptors (Lipinski definition) is 4. The zero-order valence-electron chi connectivity index (χ0n) is 8.69. The minimum absolute atomic E-state index is 0.135. The van der Waals surface area contributed by atoms with E-state index in [2.05, 4.69) is 9.97 Å². The van der Waals surface area contributed by atoms with Crippen LogP contribution in [0.3, 0.4) is 0 Å². The maximum atomic E-state index is 11.9. The fourth-order valence-corrected chi connectivity index (χ4v) is 3.27. The van der Waals surface area contributed by atoms with E-state index >= 15 is 0 Å². The highest BCUT2D eigenvalue weighted by Gasteiger charge is 2.43. The SMILES string of the molecule is Cc1ncc(S(=O)(=O)N2CC(C)(N)C2)[nH]1. The van der Waals surface area contributed by atoms with Crippen LogP contribution in [0, 0.1) is 6.92 Å². The molecule has 6 nitrogen and oxygen atoms in total. The average Bonchev–Trinajstić information content (AvgIpc) is 2.48. The Bertz CT molecular complexity index is 469. The van der Waals surface area contributed by atoms with Gasteiger partial charge in [0.05, 0.1) is 6.20 Å². The van der Waals surface area contributed by atoms with E-state index in [-0.39, 0.29) is 5.03 Å². The van der Waals surface area contributed by atoms with Crippen LogP contribution in [0.15, 0.2) is 11.2 Å². The van der Waals surface area contributed by atoms with Gasteiger partial charge in [0.1, 0.15) is 5.82 Å². The Morgan fingerprint density at radius 2 is 2.20 bits per heavy atom. The molecule has 15 heavy (non-hydrogen) atoms. The third-order valence-corrected chi connectivity index (χ3v) is 4.07. The summed E-state index contributed by atoms with van der Waals surface area (Å²) in [6, 6.07) is 0. The quantitative estimate of drug-likeness (QED) is 0.712. The van der Waals surface area contributed by atoms with Crippen molar-refractivity contribution in [3.63, 3.8) is 0 Å². The van der Waals surface area contributed by atoms with Gasteiger partial charge in [0.25, 0.3) is 10.0 Å². The van der Waals surface area contributed by atoms with Crippen LogP contribution >= 0.6 is 0 Å². The van der Waals surface area contributed by atoms with Gasteiger partial charge in [-0.05, 0) is 13.8 Å². The summed E-state index contributed by atoms with van der Waals surface area (Å²) in [6.45, 7) is 4.25. The summed E-state index contributed by atoms with van der Waals surface area (Å²) in [5.74, 6) is 0.588. The molecule has 1 aliphatic rings. The van der Waals surface area contributed by atoms with Crippen LogP contribution in [-0.2, 0) is 10.0 Å². The van der Waals surface area contributed by atoms with E-state index in [9.17, 15) is 8.42 Å². The topological polar surface area (TPSA) is 92.1 Å². The molecule has 2 rings (SSSR count). The minimum atomic E-state index is -3.42. The van der Waals surface area contributed by atoms with Crippen molar-refractivity contribution in [1.29, 1.82) is 0 Å². The van der Waals surface area contributed by atoms with E-state index in [0.29, 0.717) is 18.9 Å². The Labute approximate surface area is 88.5 Å². The second-order valence-electron chi connectivity index (χ2n) is 4.26. The first-order chi connectivity index (χ1) is 6.81. The van der Waals surface area contributed by atoms with Crippen molar-refractivity contribution < 1.29 is 8.42 Å². The molecule has 0 bridgehead atoms. The Morgan fingerprint density at radius 1 is 1.60 bits per heavy atom. The van der Waals surface area contributed by atoms with Gasteiger partial charge in [0.2, 0.25) is 0 Å². The highest BCUT2D eigenvalue weighted by molar-refractivity contribution is 7.89. The summed E-state index contributed by atoms with van der Waals surface area (Å²) in [4.78, 5) is 6.58. The van der Waals surface area contributed by atoms with Gasteiger partial charge in [-0.15, -0.1) is 0 Å². The summed E-state index contributed by atoms with van der Waals surface area (Å²) < 4.78 is 25.2. The number of aromatic nitrogens is 2. The fourth-order valence-electron chi connectivity index (χ4n) is 1.60. The lowest BCUT2D eigenvalue weighted by atomic mass is 9.97. The van der Waals surface area contributed by atoms with Crippen molar-refractivity contribution in [2.75, 3.05) is 13.1 Å². The predicted molar refractivity (Wildman–Crippen MR) is 54.7 cm³/mol. The molecule has 1 aromatic heterocycles. The number of nitrogens with two attached hydrogens (primary N) is 1. The molecule has 7 heteroatoms. The summed E-state index contributed by atoms with van der Waals surface area (Å²) in [5.41, 5.74) is 5.36. The molecule has 0 aromatic carbocycles. The molecule has 1 fully saturated rings. The summed E-state index contributed by atoms with van der Waals surface area (Å²) >= 11 is 0. The number of aryl methyl sites for hydroxylation is 1. The maximum absolute atomic E-state index is 11.9. The van der Waals surface area contributed by atoms with Crippen molar-refractivity contribution in [2.45, 2.75) is 24.4 Å². The third-order valence-electron chi connectivity index (χ3n) is 2.37. The number of hydrogen-bond donors (Lipinski definition) is 2. The summed E-state index contributed by atoms with van der Waals surface area (Å²) in [5, 5.41) is 0.135. The Balaban J connectivity index is 2.23. The average molecular weight is 230 g/mol. The highest BCUT2D eigenvalue weighted by Crippen LogP contribution is 2.24. The molecule has 0 saturated carbocycles. The molecule has 0 atom stereocenters. The van der Waals surface area contributed by atoms with Crippen LogP contribution < -0.4 is 5.73 Å². The number of H-pyrrole nitrogens is 1. The first kappa shape index (κ1) is 10.6. The van der Waals surface area contributed by atoms with Crippen LogP contribution in [0.1, 0.15) is 12.7 Å². The molecule has 84 valence electrons. The largest absolute Gasteiger partial charge is 0.332 e. The van der Waals surface area contributed by atoms with Crippen molar-refractivity contribution in [2.24, 2.45) is 5.73 Å². The minimum Gasteiger partial charge on any atom is -0.332 e. The van der Waals surface area contributed by atoms with Crippen molar-refractivity contribution in [3.8, 4) is 0 Å². The molecule has 0 radical (unpaired) electrons. The van der Waals surface area contributed by atoms with Gasteiger partial charge in [-0.1, -0.05) is 0 Å². The van der Waals surface area contributed by atoms with Gasteiger partial charge in [0, 0.05) is 18.6 Å². The number of aromatic amines is 1. The Morgan fingerprint density at radius 3 is 2.60 bits per heavy atom. The molecule has 3 N–H and O–H groups in total. The van der Waals surface area contributed by atoms with Crippen molar-refractivity contribution in [1.82, 2.24) is 14.3 Å². The standard InChI is InChI=1S/C8H14N4O2S/c1-6-10-3-7(11-6)15(13,14)12-4-8(2,9)5-12/h3H,4-5,9H2,1-2H3,(H,10,11). The molecule has 0 aliphatic carbocycles. The first-order valence-corrected chi connectivity index (χ1v) is 6.06. The van der Waals surface area contributed by atoms with Gasteiger partial charge in [-0.25, -0.2) is 13.4 Å². The second-order valence-corrected chi connectivity index (χ2v) is 6.17. The lowest BCUT2D eigenvalue weighted by Gasteiger charge is -2.43. The molecule has 1 aliphatic heterocycles. The fraction of sp³-hybridized carbons (Fsp3) is 0.625. The van der Waals surface area contributed by atoms with E-state index in [4.69, 9.17) is 5.73 Å². The normalized spacial score (nSPS) is 21.3. The summed E-state index contributed by atoms with van der Waals surface area (Å²) in [7, 11) is -3.42. The van der Waals surface area contributed by atoms with Crippen LogP contribution in [0.4, 0.5) is 0 Å². The smallest absolute Gasteiger partial charge is 0.260 e. The van der Waals surface area contributed by atoms with E-state index in [1.807, 2.05) is 6.92 Å². The third kappa shape index (κ3) is 1.77. The van der Waals surface area contributed by atoms with Crippen LogP contribution in [-0.4, -0.2) is 41.3 Å². The molecule has 2 heterocycles. The van der Waals surface area contributed by atoms with E-state index in [1.165, 1.54) is 10.5 Å². The number of nitrogens with one attached hydrogen (secondary N) is 1. The van der Waals surface area contributed by atoms with Gasteiger partial charge in [-0.3, -0.25) is 0 Å². The maximum Gasteiger partial charge on any atom is 0.260 e. The lowest BCUT2D eigenvalue weighted by molar-refractivity contribution is 0.176. The number of nitrogens with zero attached hydrogens (tertiary/aromatic N) is 2. The van der Waals surface area contributed by atoms with Crippen molar-refractivity contribution >= 4 is 10.0 Å². The second kappa shape index (κ2) is 3.03. The number of rotatable bonds is 2. The zero-order chi connectivity index (χ0) is 11.3. The van der Waals surface area contributed by atoms with Gasteiger partial charge >= 0.3 is 0 Å². The van der Waals surface area contributed by atoms with Gasteiger partial charge in [0.15, 0.2) is 5.03 Å². The molecule has 0 amide bonds. The number of sulfonamides is 1.